The molecule has 4 atom stereocenters. The molecule has 4 N–H and O–H groups in total. The number of carbonyl (C=O) groups excluding carboxylic acids is 1. The van der Waals surface area contributed by atoms with Crippen LogP contribution < -0.4 is 5.32 Å². The van der Waals surface area contributed by atoms with Crippen LogP contribution in [0.2, 0.25) is 0 Å². The number of urea groups is 1. The number of ether oxygens (including phenoxy) is 2. The molecule has 0 aliphatic carbocycles. The molecule has 0 radical (unpaired) electrons. The van der Waals surface area contributed by atoms with Gasteiger partial charge in [-0.3, -0.25) is 4.90 Å². The van der Waals surface area contributed by atoms with Crippen LogP contribution in [0, 0.1) is 0 Å². The lowest BCUT2D eigenvalue weighted by molar-refractivity contribution is -0.0839. The number of nitrogens with one attached hydrogen (secondary N) is 1. The maximum atomic E-state index is 12.1. The van der Waals surface area contributed by atoms with Crippen molar-refractivity contribution in [2.75, 3.05) is 38.8 Å². The molecule has 1 fully saturated rings. The molecule has 9 heteroatoms. The Hall–Kier alpha value is -0.640. The highest BCUT2D eigenvalue weighted by Gasteiger charge is 2.46. The Morgan fingerprint density at radius 1 is 1.43 bits per heavy atom. The number of carbonyl (C=O) groups is 1. The van der Waals surface area contributed by atoms with E-state index in [2.05, 4.69) is 5.32 Å². The Kier molecular flexibility index (Phi) is 8.23. The second-order valence-electron chi connectivity index (χ2n) is 4.54. The maximum absolute atomic E-state index is 12.1. The third-order valence-corrected chi connectivity index (χ3v) is 3.33. The number of aliphatic hydroxyl groups is 3. The Labute approximate surface area is 128 Å². The van der Waals surface area contributed by atoms with Crippen LogP contribution in [0.1, 0.15) is 6.92 Å². The fourth-order valence-electron chi connectivity index (χ4n) is 2.04. The number of halogens is 1. The van der Waals surface area contributed by atoms with Crippen LogP contribution in [0.3, 0.4) is 0 Å². The van der Waals surface area contributed by atoms with E-state index in [4.69, 9.17) is 26.2 Å². The molecule has 1 saturated heterocycles. The molecule has 0 saturated carbocycles. The maximum Gasteiger partial charge on any atom is 0.319 e. The molecule has 21 heavy (non-hydrogen) atoms. The van der Waals surface area contributed by atoms with E-state index in [9.17, 15) is 15.0 Å². The molecule has 1 unspecified atom stereocenters. The van der Waals surface area contributed by atoms with Crippen molar-refractivity contribution in [2.45, 2.75) is 31.5 Å². The summed E-state index contributed by atoms with van der Waals surface area (Å²) in [6.07, 6.45) is -4.53. The summed E-state index contributed by atoms with van der Waals surface area (Å²) in [5.74, 6) is 0.251. The zero-order chi connectivity index (χ0) is 15.8. The van der Waals surface area contributed by atoms with Gasteiger partial charge in [-0.05, 0) is 6.92 Å². The van der Waals surface area contributed by atoms with Crippen LogP contribution in [-0.2, 0) is 9.47 Å². The van der Waals surface area contributed by atoms with Crippen molar-refractivity contribution in [1.29, 1.82) is 0 Å². The molecule has 2 amide bonds. The predicted octanol–water partition coefficient (Wildman–Crippen LogP) is -1.29. The van der Waals surface area contributed by atoms with Crippen molar-refractivity contribution >= 4 is 17.6 Å². The Bertz CT molecular complexity index is 322. The van der Waals surface area contributed by atoms with E-state index in [1.54, 1.807) is 0 Å². The van der Waals surface area contributed by atoms with Crippen molar-refractivity contribution in [2.24, 2.45) is 0 Å². The van der Waals surface area contributed by atoms with E-state index in [-0.39, 0.29) is 25.6 Å². The highest BCUT2D eigenvalue weighted by Crippen LogP contribution is 2.24. The monoisotopic (exact) mass is 326 g/mol. The standard InChI is InChI=1S/C12H23ClN2O6/c1-2-20-6-5-15(12(19)14-4-3-13)11-10(18)9(17)8(7-16)21-11/h8-11,16-18H,2-7H2,1H3,(H,14,19)/t8-,9-,10-,11?/m1/s1. The summed E-state index contributed by atoms with van der Waals surface area (Å²) in [6.45, 7) is 2.57. The molecule has 0 spiro atoms. The first-order chi connectivity index (χ1) is 10.1. The molecule has 1 aliphatic heterocycles. The van der Waals surface area contributed by atoms with Gasteiger partial charge in [0.15, 0.2) is 6.23 Å². The van der Waals surface area contributed by atoms with Gasteiger partial charge in [-0.25, -0.2) is 4.79 Å². The SMILES string of the molecule is CCOCCN(C(=O)NCCCl)C1O[C@H](CO)[C@@H](O)[C@H]1O. The van der Waals surface area contributed by atoms with Gasteiger partial charge in [0.2, 0.25) is 0 Å². The molecular formula is C12H23ClN2O6. The molecule has 1 rings (SSSR count). The lowest BCUT2D eigenvalue weighted by Crippen LogP contribution is -2.52. The zero-order valence-electron chi connectivity index (χ0n) is 11.9. The van der Waals surface area contributed by atoms with Crippen molar-refractivity contribution in [3.8, 4) is 0 Å². The molecule has 0 aromatic heterocycles. The molecule has 0 bridgehead atoms. The Balaban J connectivity index is 2.72. The fraction of sp³-hybridized carbons (Fsp3) is 0.917. The van der Waals surface area contributed by atoms with Gasteiger partial charge in [0.05, 0.1) is 13.2 Å². The minimum absolute atomic E-state index is 0.175. The lowest BCUT2D eigenvalue weighted by Gasteiger charge is -2.30. The van der Waals surface area contributed by atoms with Crippen LogP contribution in [0.15, 0.2) is 0 Å². The summed E-state index contributed by atoms with van der Waals surface area (Å²) in [6, 6.07) is -0.481. The van der Waals surface area contributed by atoms with Crippen LogP contribution in [0.5, 0.6) is 0 Å². The number of amides is 2. The summed E-state index contributed by atoms with van der Waals surface area (Å²) < 4.78 is 10.6. The van der Waals surface area contributed by atoms with Crippen molar-refractivity contribution < 1.29 is 29.6 Å². The summed E-state index contributed by atoms with van der Waals surface area (Å²) in [4.78, 5) is 13.3. The quantitative estimate of drug-likeness (QED) is 0.326. The average molecular weight is 327 g/mol. The molecule has 124 valence electrons. The van der Waals surface area contributed by atoms with E-state index in [0.29, 0.717) is 6.61 Å². The topological polar surface area (TPSA) is 111 Å². The number of hydrogen-bond donors (Lipinski definition) is 4. The van der Waals surface area contributed by atoms with E-state index < -0.39 is 37.2 Å². The first-order valence-corrected chi connectivity index (χ1v) is 7.40. The second-order valence-corrected chi connectivity index (χ2v) is 4.92. The predicted molar refractivity (Wildman–Crippen MR) is 75.1 cm³/mol. The number of aliphatic hydroxyl groups excluding tert-OH is 3. The van der Waals surface area contributed by atoms with Crippen LogP contribution in [-0.4, -0.2) is 89.6 Å². The van der Waals surface area contributed by atoms with Gasteiger partial charge < -0.3 is 30.1 Å². The number of nitrogens with zero attached hydrogens (tertiary/aromatic N) is 1. The van der Waals surface area contributed by atoms with Gasteiger partial charge >= 0.3 is 6.03 Å². The molecule has 0 aromatic carbocycles. The zero-order valence-corrected chi connectivity index (χ0v) is 12.7. The van der Waals surface area contributed by atoms with E-state index >= 15 is 0 Å². The van der Waals surface area contributed by atoms with Crippen molar-refractivity contribution in [3.63, 3.8) is 0 Å². The summed E-state index contributed by atoms with van der Waals surface area (Å²) >= 11 is 5.52. The largest absolute Gasteiger partial charge is 0.394 e. The van der Waals surface area contributed by atoms with E-state index in [1.165, 1.54) is 4.90 Å². The van der Waals surface area contributed by atoms with Gasteiger partial charge in [-0.2, -0.15) is 0 Å². The van der Waals surface area contributed by atoms with E-state index in [1.807, 2.05) is 6.92 Å². The fourth-order valence-corrected chi connectivity index (χ4v) is 2.14. The van der Waals surface area contributed by atoms with Crippen LogP contribution >= 0.6 is 11.6 Å². The van der Waals surface area contributed by atoms with Gasteiger partial charge in [0.1, 0.15) is 18.3 Å². The number of rotatable bonds is 8. The normalized spacial score (nSPS) is 28.6. The molecule has 8 nitrogen and oxygen atoms in total. The third-order valence-electron chi connectivity index (χ3n) is 3.14. The van der Waals surface area contributed by atoms with Crippen molar-refractivity contribution in [3.05, 3.63) is 0 Å². The van der Waals surface area contributed by atoms with Gasteiger partial charge in [-0.15, -0.1) is 11.6 Å². The lowest BCUT2D eigenvalue weighted by atomic mass is 10.1. The van der Waals surface area contributed by atoms with E-state index in [0.717, 1.165) is 0 Å². The van der Waals surface area contributed by atoms with Crippen LogP contribution in [0.4, 0.5) is 4.79 Å². The number of alkyl halides is 1. The smallest absolute Gasteiger partial charge is 0.319 e. The van der Waals surface area contributed by atoms with Gasteiger partial charge in [0, 0.05) is 25.6 Å². The molecule has 1 aliphatic rings. The Morgan fingerprint density at radius 2 is 2.14 bits per heavy atom. The first-order valence-electron chi connectivity index (χ1n) is 6.87. The second kappa shape index (κ2) is 9.39. The number of hydrogen-bond acceptors (Lipinski definition) is 6. The third kappa shape index (κ3) is 4.94. The molecule has 0 aromatic rings. The molecule has 1 heterocycles. The minimum Gasteiger partial charge on any atom is -0.394 e. The summed E-state index contributed by atoms with van der Waals surface area (Å²) in [5.41, 5.74) is 0. The molecular weight excluding hydrogens is 304 g/mol. The summed E-state index contributed by atoms with van der Waals surface area (Å²) in [7, 11) is 0. The highest BCUT2D eigenvalue weighted by molar-refractivity contribution is 6.18. The highest BCUT2D eigenvalue weighted by atomic mass is 35.5. The first kappa shape index (κ1) is 18.4. The summed E-state index contributed by atoms with van der Waals surface area (Å²) in [5, 5.41) is 31.4. The van der Waals surface area contributed by atoms with Crippen molar-refractivity contribution in [1.82, 2.24) is 10.2 Å². The van der Waals surface area contributed by atoms with Gasteiger partial charge in [0.25, 0.3) is 0 Å². The minimum atomic E-state index is -1.30. The van der Waals surface area contributed by atoms with Crippen LogP contribution in [0.25, 0.3) is 0 Å². The van der Waals surface area contributed by atoms with Gasteiger partial charge in [-0.1, -0.05) is 0 Å². The average Bonchev–Trinajstić information content (AvgIpc) is 2.77. The Morgan fingerprint density at radius 3 is 2.67 bits per heavy atom.